The van der Waals surface area contributed by atoms with Gasteiger partial charge in [-0.1, -0.05) is 6.07 Å². The average Bonchev–Trinajstić information content (AvgIpc) is 2.33. The van der Waals surface area contributed by atoms with E-state index in [-0.39, 0.29) is 17.4 Å². The Bertz CT molecular complexity index is 604. The standard InChI is InChI=1S/C12H8BrFN2O2/c13-8-6-7(14)4-5-10(8)18-11-3-1-2-9(16-11)12(15)17/h1-6H,(H2,15,17). The zero-order valence-corrected chi connectivity index (χ0v) is 10.6. The van der Waals surface area contributed by atoms with Gasteiger partial charge in [-0.15, -0.1) is 0 Å². The van der Waals surface area contributed by atoms with Crippen molar-refractivity contribution < 1.29 is 13.9 Å². The summed E-state index contributed by atoms with van der Waals surface area (Å²) >= 11 is 3.17. The molecule has 0 saturated carbocycles. The molecule has 6 heteroatoms. The number of aromatic nitrogens is 1. The predicted molar refractivity (Wildman–Crippen MR) is 66.9 cm³/mol. The van der Waals surface area contributed by atoms with E-state index in [9.17, 15) is 9.18 Å². The Labute approximate surface area is 111 Å². The van der Waals surface area contributed by atoms with Crippen molar-refractivity contribution in [2.24, 2.45) is 5.73 Å². The molecule has 0 aliphatic rings. The lowest BCUT2D eigenvalue weighted by atomic mass is 10.3. The van der Waals surface area contributed by atoms with Crippen LogP contribution in [0.1, 0.15) is 10.5 Å². The van der Waals surface area contributed by atoms with Crippen molar-refractivity contribution in [1.82, 2.24) is 4.98 Å². The Hall–Kier alpha value is -1.95. The molecule has 1 aromatic heterocycles. The number of rotatable bonds is 3. The summed E-state index contributed by atoms with van der Waals surface area (Å²) < 4.78 is 18.8. The van der Waals surface area contributed by atoms with Crippen LogP contribution >= 0.6 is 15.9 Å². The highest BCUT2D eigenvalue weighted by Gasteiger charge is 2.07. The highest BCUT2D eigenvalue weighted by atomic mass is 79.9. The fourth-order valence-electron chi connectivity index (χ4n) is 1.28. The second-order valence-corrected chi connectivity index (χ2v) is 4.26. The number of nitrogens with zero attached hydrogens (tertiary/aromatic N) is 1. The van der Waals surface area contributed by atoms with Gasteiger partial charge in [0.15, 0.2) is 0 Å². The minimum absolute atomic E-state index is 0.103. The second kappa shape index (κ2) is 5.14. The number of hydrogen-bond acceptors (Lipinski definition) is 3. The first-order valence-corrected chi connectivity index (χ1v) is 5.75. The van der Waals surface area contributed by atoms with E-state index in [4.69, 9.17) is 10.5 Å². The molecule has 18 heavy (non-hydrogen) atoms. The fourth-order valence-corrected chi connectivity index (χ4v) is 1.71. The van der Waals surface area contributed by atoms with Crippen molar-refractivity contribution in [2.75, 3.05) is 0 Å². The summed E-state index contributed by atoms with van der Waals surface area (Å²) in [5.74, 6) is -0.421. The maximum Gasteiger partial charge on any atom is 0.267 e. The van der Waals surface area contributed by atoms with Crippen molar-refractivity contribution in [3.8, 4) is 11.6 Å². The molecule has 0 fully saturated rings. The summed E-state index contributed by atoms with van der Waals surface area (Å²) in [6.07, 6.45) is 0. The number of halogens is 2. The molecule has 2 aromatic rings. The average molecular weight is 311 g/mol. The van der Waals surface area contributed by atoms with Crippen molar-refractivity contribution in [3.63, 3.8) is 0 Å². The van der Waals surface area contributed by atoms with Crippen LogP contribution in [-0.4, -0.2) is 10.9 Å². The number of benzene rings is 1. The van der Waals surface area contributed by atoms with Crippen LogP contribution < -0.4 is 10.5 Å². The Morgan fingerprint density at radius 1 is 1.33 bits per heavy atom. The Kier molecular flexibility index (Phi) is 3.57. The minimum Gasteiger partial charge on any atom is -0.438 e. The SMILES string of the molecule is NC(=O)c1cccc(Oc2ccc(F)cc2Br)n1. The van der Waals surface area contributed by atoms with Gasteiger partial charge in [0.1, 0.15) is 17.3 Å². The molecule has 0 aliphatic heterocycles. The van der Waals surface area contributed by atoms with E-state index in [0.717, 1.165) is 0 Å². The largest absolute Gasteiger partial charge is 0.438 e. The predicted octanol–water partition coefficient (Wildman–Crippen LogP) is 2.87. The van der Waals surface area contributed by atoms with E-state index in [1.54, 1.807) is 12.1 Å². The van der Waals surface area contributed by atoms with Gasteiger partial charge in [-0.2, -0.15) is 0 Å². The highest BCUT2D eigenvalue weighted by Crippen LogP contribution is 2.29. The molecule has 2 rings (SSSR count). The summed E-state index contributed by atoms with van der Waals surface area (Å²) in [6, 6.07) is 8.64. The summed E-state index contributed by atoms with van der Waals surface area (Å²) in [4.78, 5) is 14.9. The van der Waals surface area contributed by atoms with Gasteiger partial charge in [0, 0.05) is 6.07 Å². The quantitative estimate of drug-likeness (QED) is 0.948. The van der Waals surface area contributed by atoms with Crippen LogP contribution in [0.25, 0.3) is 0 Å². The Balaban J connectivity index is 2.28. The molecule has 0 saturated heterocycles. The van der Waals surface area contributed by atoms with Crippen LogP contribution in [-0.2, 0) is 0 Å². The number of ether oxygens (including phenoxy) is 1. The van der Waals surface area contributed by atoms with Crippen molar-refractivity contribution in [2.45, 2.75) is 0 Å². The third-order valence-corrected chi connectivity index (χ3v) is 2.70. The van der Waals surface area contributed by atoms with Gasteiger partial charge in [0.05, 0.1) is 4.47 Å². The van der Waals surface area contributed by atoms with E-state index in [1.807, 2.05) is 0 Å². The molecule has 0 atom stereocenters. The van der Waals surface area contributed by atoms with E-state index >= 15 is 0 Å². The molecule has 2 N–H and O–H groups in total. The summed E-state index contributed by atoms with van der Waals surface area (Å²) in [5, 5.41) is 0. The van der Waals surface area contributed by atoms with Crippen molar-refractivity contribution >= 4 is 21.8 Å². The molecule has 4 nitrogen and oxygen atoms in total. The number of nitrogens with two attached hydrogens (primary N) is 1. The number of carbonyl (C=O) groups is 1. The van der Waals surface area contributed by atoms with Crippen LogP contribution in [0.4, 0.5) is 4.39 Å². The lowest BCUT2D eigenvalue weighted by molar-refractivity contribution is 0.0995. The molecule has 92 valence electrons. The number of hydrogen-bond donors (Lipinski definition) is 1. The Morgan fingerprint density at radius 3 is 2.78 bits per heavy atom. The van der Waals surface area contributed by atoms with Crippen molar-refractivity contribution in [3.05, 3.63) is 52.4 Å². The third-order valence-electron chi connectivity index (χ3n) is 2.08. The molecule has 1 amide bonds. The second-order valence-electron chi connectivity index (χ2n) is 3.40. The minimum atomic E-state index is -0.640. The zero-order valence-electron chi connectivity index (χ0n) is 9.06. The molecule has 0 bridgehead atoms. The number of carbonyl (C=O) groups excluding carboxylic acids is 1. The topological polar surface area (TPSA) is 65.2 Å². The maximum absolute atomic E-state index is 12.9. The first-order valence-electron chi connectivity index (χ1n) is 4.96. The van der Waals surface area contributed by atoms with Gasteiger partial charge < -0.3 is 10.5 Å². The first kappa shape index (κ1) is 12.5. The van der Waals surface area contributed by atoms with Gasteiger partial charge in [-0.3, -0.25) is 4.79 Å². The van der Waals surface area contributed by atoms with Gasteiger partial charge in [0.25, 0.3) is 5.91 Å². The van der Waals surface area contributed by atoms with Crippen LogP contribution in [0.15, 0.2) is 40.9 Å². The highest BCUT2D eigenvalue weighted by molar-refractivity contribution is 9.10. The number of primary amides is 1. The number of pyridine rings is 1. The lowest BCUT2D eigenvalue weighted by Crippen LogP contribution is -2.12. The molecule has 0 spiro atoms. The molecular weight excluding hydrogens is 303 g/mol. The zero-order chi connectivity index (χ0) is 13.1. The van der Waals surface area contributed by atoms with E-state index < -0.39 is 5.91 Å². The van der Waals surface area contributed by atoms with Gasteiger partial charge in [-0.25, -0.2) is 9.37 Å². The first-order chi connectivity index (χ1) is 8.56. The molecule has 0 unspecified atom stereocenters. The summed E-state index contributed by atoms with van der Waals surface area (Å²) in [7, 11) is 0. The normalized spacial score (nSPS) is 10.1. The molecule has 0 aliphatic carbocycles. The third kappa shape index (κ3) is 2.84. The van der Waals surface area contributed by atoms with Crippen LogP contribution in [0.5, 0.6) is 11.6 Å². The maximum atomic E-state index is 12.9. The van der Waals surface area contributed by atoms with E-state index in [2.05, 4.69) is 20.9 Å². The summed E-state index contributed by atoms with van der Waals surface area (Å²) in [6.45, 7) is 0. The lowest BCUT2D eigenvalue weighted by Gasteiger charge is -2.07. The smallest absolute Gasteiger partial charge is 0.267 e. The van der Waals surface area contributed by atoms with Gasteiger partial charge in [0.2, 0.25) is 5.88 Å². The molecule has 1 aromatic carbocycles. The number of amides is 1. The fraction of sp³-hybridized carbons (Fsp3) is 0. The van der Waals surface area contributed by atoms with E-state index in [0.29, 0.717) is 10.2 Å². The van der Waals surface area contributed by atoms with Crippen LogP contribution in [0.3, 0.4) is 0 Å². The van der Waals surface area contributed by atoms with Gasteiger partial charge in [-0.05, 0) is 40.2 Å². The van der Waals surface area contributed by atoms with E-state index in [1.165, 1.54) is 24.3 Å². The Morgan fingerprint density at radius 2 is 2.11 bits per heavy atom. The van der Waals surface area contributed by atoms with Gasteiger partial charge >= 0.3 is 0 Å². The molecule has 0 radical (unpaired) electrons. The van der Waals surface area contributed by atoms with Crippen molar-refractivity contribution in [1.29, 1.82) is 0 Å². The summed E-state index contributed by atoms with van der Waals surface area (Å²) in [5.41, 5.74) is 5.21. The monoisotopic (exact) mass is 310 g/mol. The molecule has 1 heterocycles. The van der Waals surface area contributed by atoms with Crippen LogP contribution in [0.2, 0.25) is 0 Å². The molecular formula is C12H8BrFN2O2. The van der Waals surface area contributed by atoms with Crippen LogP contribution in [0, 0.1) is 5.82 Å².